The largest absolute Gasteiger partial charge is 0.398 e. The number of carbonyl (C=O) groups is 3. The van der Waals surface area contributed by atoms with Crippen LogP contribution in [0.4, 0.5) is 11.5 Å². The van der Waals surface area contributed by atoms with E-state index < -0.39 is 16.2 Å². The van der Waals surface area contributed by atoms with Crippen molar-refractivity contribution >= 4 is 40.5 Å². The van der Waals surface area contributed by atoms with E-state index in [-0.39, 0.29) is 23.2 Å². The quantitative estimate of drug-likeness (QED) is 0.148. The third-order valence-electron chi connectivity index (χ3n) is 6.70. The van der Waals surface area contributed by atoms with Gasteiger partial charge in [-0.15, -0.1) is 10.2 Å². The fraction of sp³-hybridized carbons (Fsp3) is 0.371. The topological polar surface area (TPSA) is 194 Å². The number of tetrazole rings is 1. The monoisotopic (exact) mass is 658 g/mol. The predicted octanol–water partition coefficient (Wildman–Crippen LogP) is 7.32. The fourth-order valence-electron chi connectivity index (χ4n) is 3.95. The summed E-state index contributed by atoms with van der Waals surface area (Å²) in [6.07, 6.45) is 1.45. The van der Waals surface area contributed by atoms with E-state index in [0.717, 1.165) is 11.1 Å². The lowest BCUT2D eigenvalue weighted by atomic mass is 9.85. The lowest BCUT2D eigenvalue weighted by Gasteiger charge is -2.17. The number of aromatic amines is 1. The average molecular weight is 659 g/mol. The highest BCUT2D eigenvalue weighted by atomic mass is 35.5. The van der Waals surface area contributed by atoms with Crippen molar-refractivity contribution in [2.45, 2.75) is 69.2 Å². The van der Waals surface area contributed by atoms with Crippen molar-refractivity contribution in [3.05, 3.63) is 81.5 Å². The minimum atomic E-state index is -0.442. The van der Waals surface area contributed by atoms with Crippen molar-refractivity contribution in [3.8, 4) is 17.5 Å². The lowest BCUT2D eigenvalue weighted by molar-refractivity contribution is 0.0852. The number of rotatable bonds is 4. The summed E-state index contributed by atoms with van der Waals surface area (Å²) in [5.41, 5.74) is 14.1. The highest BCUT2D eigenvalue weighted by Crippen LogP contribution is 2.27. The third kappa shape index (κ3) is 10.5. The van der Waals surface area contributed by atoms with Gasteiger partial charge in [0.15, 0.2) is 17.3 Å². The maximum atomic E-state index is 12.2. The first-order valence-corrected chi connectivity index (χ1v) is 15.1. The van der Waals surface area contributed by atoms with Crippen LogP contribution in [0.3, 0.4) is 0 Å². The molecule has 47 heavy (non-hydrogen) atoms. The number of aromatic nitrogens is 5. The predicted molar refractivity (Wildman–Crippen MR) is 185 cm³/mol. The van der Waals surface area contributed by atoms with Gasteiger partial charge in [-0.2, -0.15) is 10.5 Å². The Balaban J connectivity index is 0.000000248. The van der Waals surface area contributed by atoms with Crippen molar-refractivity contribution in [3.63, 3.8) is 0 Å². The molecule has 0 saturated heterocycles. The van der Waals surface area contributed by atoms with Gasteiger partial charge in [-0.1, -0.05) is 86.0 Å². The van der Waals surface area contributed by atoms with E-state index in [1.54, 1.807) is 24.3 Å². The van der Waals surface area contributed by atoms with E-state index in [1.807, 2.05) is 93.5 Å². The number of hydrogen-bond acceptors (Lipinski definition) is 10. The first-order chi connectivity index (χ1) is 21.6. The molecule has 0 bridgehead atoms. The molecule has 2 heterocycles. The average Bonchev–Trinajstić information content (AvgIpc) is 3.52. The van der Waals surface area contributed by atoms with Gasteiger partial charge in [0.05, 0.1) is 10.6 Å². The first-order valence-electron chi connectivity index (χ1n) is 14.8. The number of aryl methyl sites for hydroxylation is 1. The summed E-state index contributed by atoms with van der Waals surface area (Å²) < 4.78 is 0. The molecule has 2 aromatic heterocycles. The molecule has 0 aliphatic carbocycles. The maximum Gasteiger partial charge on any atom is 0.204 e. The molecule has 0 saturated carbocycles. The van der Waals surface area contributed by atoms with Crippen LogP contribution < -0.4 is 11.5 Å². The SMILES string of the molecule is CC(C)(C)C(=O)c1ccc(N)c(C#N)c1.CC(C)(C)C(=O)c1cnc(N)c(Cl)c1.Cc1ccc(C(=O)C(C)(C)C)cc1-c1nn[nH]n1. The molecule has 0 spiro atoms. The van der Waals surface area contributed by atoms with Gasteiger partial charge in [0.2, 0.25) is 5.82 Å². The van der Waals surface area contributed by atoms with Crippen molar-refractivity contribution in [2.75, 3.05) is 11.5 Å². The molecule has 0 radical (unpaired) electrons. The summed E-state index contributed by atoms with van der Waals surface area (Å²) in [6.45, 7) is 18.7. The maximum absolute atomic E-state index is 12.2. The molecule has 0 atom stereocenters. The van der Waals surface area contributed by atoms with Gasteiger partial charge in [-0.3, -0.25) is 14.4 Å². The molecule has 248 valence electrons. The minimum Gasteiger partial charge on any atom is -0.398 e. The van der Waals surface area contributed by atoms with E-state index in [9.17, 15) is 14.4 Å². The summed E-state index contributed by atoms with van der Waals surface area (Å²) in [7, 11) is 0. The van der Waals surface area contributed by atoms with Crippen molar-refractivity contribution in [1.82, 2.24) is 25.6 Å². The zero-order valence-corrected chi connectivity index (χ0v) is 29.4. The van der Waals surface area contributed by atoms with Crippen LogP contribution in [0.15, 0.2) is 48.7 Å². The van der Waals surface area contributed by atoms with Crippen LogP contribution in [-0.4, -0.2) is 43.0 Å². The third-order valence-corrected chi connectivity index (χ3v) is 7.00. The molecule has 0 amide bonds. The van der Waals surface area contributed by atoms with Gasteiger partial charge in [-0.25, -0.2) is 4.98 Å². The number of anilines is 2. The number of ketones is 3. The van der Waals surface area contributed by atoms with E-state index in [2.05, 4.69) is 25.6 Å². The van der Waals surface area contributed by atoms with Crippen molar-refractivity contribution in [2.24, 2.45) is 16.2 Å². The Morgan fingerprint density at radius 2 is 1.30 bits per heavy atom. The Hall–Kier alpha value is -4.95. The van der Waals surface area contributed by atoms with Crippen LogP contribution >= 0.6 is 11.6 Å². The Bertz CT molecular complexity index is 1790. The molecular weight excluding hydrogens is 616 g/mol. The minimum absolute atomic E-state index is 0.00639. The summed E-state index contributed by atoms with van der Waals surface area (Å²) in [4.78, 5) is 39.8. The molecule has 4 aromatic rings. The van der Waals surface area contributed by atoms with E-state index in [0.29, 0.717) is 38.8 Å². The molecule has 12 heteroatoms. The summed E-state index contributed by atoms with van der Waals surface area (Å²) in [5.74, 6) is 0.881. The second-order valence-corrected chi connectivity index (χ2v) is 14.4. The molecule has 0 aliphatic heterocycles. The van der Waals surface area contributed by atoms with E-state index in [4.69, 9.17) is 28.3 Å². The summed E-state index contributed by atoms with van der Waals surface area (Å²) in [5, 5.41) is 23.0. The Kier molecular flexibility index (Phi) is 12.3. The molecule has 0 aliphatic rings. The number of Topliss-reactive ketones (excluding diaryl/α,β-unsaturated/α-hetero) is 3. The first kappa shape index (κ1) is 38.2. The van der Waals surface area contributed by atoms with Crippen LogP contribution in [-0.2, 0) is 0 Å². The van der Waals surface area contributed by atoms with E-state index in [1.165, 1.54) is 6.20 Å². The molecule has 11 nitrogen and oxygen atoms in total. The number of nitrogens with one attached hydrogen (secondary N) is 1. The Morgan fingerprint density at radius 3 is 1.77 bits per heavy atom. The van der Waals surface area contributed by atoms with Gasteiger partial charge < -0.3 is 11.5 Å². The van der Waals surface area contributed by atoms with Crippen molar-refractivity contribution < 1.29 is 14.4 Å². The molecule has 5 N–H and O–H groups in total. The normalized spacial score (nSPS) is 11.3. The van der Waals surface area contributed by atoms with Gasteiger partial charge in [-0.05, 0) is 48.0 Å². The zero-order valence-electron chi connectivity index (χ0n) is 28.6. The fourth-order valence-corrected chi connectivity index (χ4v) is 4.11. The second kappa shape index (κ2) is 15.1. The smallest absolute Gasteiger partial charge is 0.204 e. The van der Waals surface area contributed by atoms with E-state index >= 15 is 0 Å². The molecule has 0 fully saturated rings. The van der Waals surface area contributed by atoms with Gasteiger partial charge in [0, 0.05) is 50.4 Å². The van der Waals surface area contributed by atoms with Crippen LogP contribution in [0, 0.1) is 34.5 Å². The number of benzene rings is 2. The second-order valence-electron chi connectivity index (χ2n) is 14.0. The van der Waals surface area contributed by atoms with Crippen LogP contribution in [0.2, 0.25) is 5.02 Å². The van der Waals surface area contributed by atoms with Crippen molar-refractivity contribution in [1.29, 1.82) is 5.26 Å². The number of nitrogen functional groups attached to an aromatic ring is 2. The Labute approximate surface area is 281 Å². The number of H-pyrrole nitrogens is 1. The highest BCUT2D eigenvalue weighted by molar-refractivity contribution is 6.33. The standard InChI is InChI=1S/C13H16N4O.C12H14N2O.C10H13ClN2O/c1-8-5-6-9(11(18)13(2,3)4)7-10(8)12-14-16-17-15-12;1-12(2,3)11(15)8-4-5-10(14)9(6-8)7-13;1-10(2,3)8(14)6-4-7(11)9(12)13-5-6/h5-7H,1-4H3,(H,14,15,16,17);4-6H,14H2,1-3H3;4-5H,1-3H3,(H2,12,13). The number of nitrogens with zero attached hydrogens (tertiary/aromatic N) is 5. The molecule has 4 rings (SSSR count). The zero-order chi connectivity index (χ0) is 35.9. The van der Waals surface area contributed by atoms with Gasteiger partial charge >= 0.3 is 0 Å². The molecular formula is C35H43ClN8O3. The van der Waals surface area contributed by atoms with Crippen LogP contribution in [0.25, 0.3) is 11.4 Å². The summed E-state index contributed by atoms with van der Waals surface area (Å²) in [6, 6.07) is 13.9. The number of nitrogens with two attached hydrogens (primary N) is 2. The number of hydrogen-bond donors (Lipinski definition) is 3. The summed E-state index contributed by atoms with van der Waals surface area (Å²) >= 11 is 5.77. The van der Waals surface area contributed by atoms with Crippen LogP contribution in [0.1, 0.15) is 105 Å². The van der Waals surface area contributed by atoms with Crippen LogP contribution in [0.5, 0.6) is 0 Å². The number of halogens is 1. The van der Waals surface area contributed by atoms with Gasteiger partial charge in [0.25, 0.3) is 0 Å². The number of pyridine rings is 1. The molecule has 2 aromatic carbocycles. The van der Waals surface area contributed by atoms with Gasteiger partial charge in [0.1, 0.15) is 11.9 Å². The number of carbonyl (C=O) groups excluding carboxylic acids is 3. The molecule has 0 unspecified atom stereocenters. The highest BCUT2D eigenvalue weighted by Gasteiger charge is 2.25. The Morgan fingerprint density at radius 1 is 0.787 bits per heavy atom. The number of nitriles is 1. The lowest BCUT2D eigenvalue weighted by Crippen LogP contribution is -2.20.